The molecule has 2 N–H and O–H groups in total. The Balaban J connectivity index is 1.65. The van der Waals surface area contributed by atoms with E-state index >= 15 is 0 Å². The van der Waals surface area contributed by atoms with Crippen molar-refractivity contribution in [3.8, 4) is 16.9 Å². The van der Waals surface area contributed by atoms with Crippen LogP contribution >= 0.6 is 0 Å². The molecule has 0 aliphatic carbocycles. The molecule has 0 spiro atoms. The number of amides is 1. The molecular formula is C28H22F3N7O. The average Bonchev–Trinajstić information content (AvgIpc) is 3.55. The van der Waals surface area contributed by atoms with Crippen LogP contribution < -0.4 is 10.6 Å². The number of rotatable bonds is 6. The number of hydrogen-bond acceptors (Lipinski definition) is 6. The summed E-state index contributed by atoms with van der Waals surface area (Å²) in [5.74, 6) is -2.16. The lowest BCUT2D eigenvalue weighted by atomic mass is 10.1. The first kappa shape index (κ1) is 13.1. The van der Waals surface area contributed by atoms with Crippen molar-refractivity contribution in [3.63, 3.8) is 0 Å². The normalized spacial score (nSPS) is 17.1. The predicted octanol–water partition coefficient (Wildman–Crippen LogP) is 6.36. The van der Waals surface area contributed by atoms with Crippen molar-refractivity contribution < 1.29 is 38.6 Å². The van der Waals surface area contributed by atoms with Crippen LogP contribution in [-0.4, -0.2) is 30.4 Å². The number of carbonyl (C=O) groups excluding carboxylic acids is 1. The van der Waals surface area contributed by atoms with Crippen LogP contribution in [0.2, 0.25) is 1.41 Å². The quantitative estimate of drug-likeness (QED) is 0.258. The number of aryl methyl sites for hydroxylation is 1. The number of aromatic nitrogens is 5. The zero-order valence-corrected chi connectivity index (χ0v) is 19.5. The molecule has 5 rings (SSSR count). The van der Waals surface area contributed by atoms with Crippen LogP contribution in [0.25, 0.3) is 16.9 Å². The summed E-state index contributed by atoms with van der Waals surface area (Å²) in [5.41, 5.74) is -7.06. The second kappa shape index (κ2) is 10.4. The zero-order chi connectivity index (χ0) is 40.5. The van der Waals surface area contributed by atoms with Crippen LogP contribution in [0.3, 0.4) is 0 Å². The van der Waals surface area contributed by atoms with Crippen LogP contribution in [0.15, 0.2) is 85.4 Å². The topological polar surface area (TPSA) is 97.6 Å². The smallest absolute Gasteiger partial charge is 0.324 e. The van der Waals surface area contributed by atoms with Gasteiger partial charge in [0.15, 0.2) is 1.41 Å². The van der Waals surface area contributed by atoms with Crippen molar-refractivity contribution in [1.82, 2.24) is 24.5 Å². The van der Waals surface area contributed by atoms with Gasteiger partial charge in [0.05, 0.1) is 38.4 Å². The Morgan fingerprint density at radius 1 is 1.13 bits per heavy atom. The summed E-state index contributed by atoms with van der Waals surface area (Å²) in [6, 6.07) is -7.01. The fraction of sp³-hybridized carbons (Fsp3) is 0.107. The molecule has 0 saturated heterocycles. The van der Waals surface area contributed by atoms with Gasteiger partial charge in [0.1, 0.15) is 0 Å². The maximum atomic E-state index is 14.3. The standard InChI is InChI=1S/C28H22F3N7O/c1-17-5-6-19(10-25(17)37-27-33-9-7-24(36-27)20-4-3-8-32-14-20)26(39)35-22-11-21(28(29,30)31)12-23(13-22)38-15-18(2)34-16-38/h3-16H,1-2H3,(H,35,39)(H,33,36,37)/i2D3,3D,4D,5D,6D,7D,8D,9D,11D,12D,13D,14D/hD. The third kappa shape index (κ3) is 5.93. The van der Waals surface area contributed by atoms with E-state index in [0.29, 0.717) is 10.9 Å². The zero-order valence-electron chi connectivity index (χ0n) is 34.5. The number of nitrogens with zero attached hydrogens (tertiary/aromatic N) is 5. The number of nitrogens with one attached hydrogen (secondary N) is 2. The van der Waals surface area contributed by atoms with Gasteiger partial charge in [0.2, 0.25) is 5.95 Å². The van der Waals surface area contributed by atoms with E-state index in [2.05, 4.69) is 25.3 Å². The molecule has 8 nitrogen and oxygen atoms in total. The highest BCUT2D eigenvalue weighted by atomic mass is 19.4. The van der Waals surface area contributed by atoms with Gasteiger partial charge in [-0.3, -0.25) is 9.78 Å². The van der Waals surface area contributed by atoms with Gasteiger partial charge < -0.3 is 15.2 Å². The molecule has 11 heteroatoms. The lowest BCUT2D eigenvalue weighted by molar-refractivity contribution is -0.137. The number of anilines is 3. The highest BCUT2D eigenvalue weighted by Gasteiger charge is 2.31. The SMILES string of the molecule is [2H]c1nc(Nc2cc(C(=O)N([2H])c3c([2H])c(-n4cnc(C([2H])([2H])[2H])c4)c([2H])c(C(F)(F)F)c3[2H])c([2H])c([2H])c2C)nc(-c2c([2H])nc([2H])c([2H])c2[2H])c1[2H]. The summed E-state index contributed by atoms with van der Waals surface area (Å²) < 4.78 is 165. The number of imidazole rings is 1. The van der Waals surface area contributed by atoms with Gasteiger partial charge in [0, 0.05) is 57.0 Å². The first-order valence-corrected chi connectivity index (χ1v) is 10.6. The lowest BCUT2D eigenvalue weighted by Crippen LogP contribution is -2.14. The van der Waals surface area contributed by atoms with Crippen molar-refractivity contribution >= 4 is 23.2 Å². The highest BCUT2D eigenvalue weighted by molar-refractivity contribution is 6.05. The monoisotopic (exact) mass is 544 g/mol. The van der Waals surface area contributed by atoms with Gasteiger partial charge in [-0.05, 0) is 67.7 Å². The van der Waals surface area contributed by atoms with E-state index in [4.69, 9.17) is 20.6 Å². The summed E-state index contributed by atoms with van der Waals surface area (Å²) in [5, 5.41) is 2.26. The van der Waals surface area contributed by atoms with Crippen molar-refractivity contribution in [3.05, 3.63) is 108 Å². The second-order valence-electron chi connectivity index (χ2n) is 7.59. The Kier molecular flexibility index (Phi) is 3.49. The highest BCUT2D eigenvalue weighted by Crippen LogP contribution is 2.33. The molecule has 0 fully saturated rings. The van der Waals surface area contributed by atoms with Crippen LogP contribution in [0.1, 0.15) is 46.4 Å². The van der Waals surface area contributed by atoms with Crippen molar-refractivity contribution in [2.24, 2.45) is 0 Å². The minimum Gasteiger partial charge on any atom is -0.324 e. The Morgan fingerprint density at radius 3 is 2.79 bits per heavy atom. The first-order chi connectivity index (χ1) is 24.9. The maximum absolute atomic E-state index is 14.3. The number of hydrogen-bond donors (Lipinski definition) is 2. The van der Waals surface area contributed by atoms with E-state index < -0.39 is 131 Å². The Bertz CT molecular complexity index is 2390. The number of halogens is 3. The molecular weight excluding hydrogens is 507 g/mol. The van der Waals surface area contributed by atoms with Gasteiger partial charge in [-0.1, -0.05) is 6.04 Å². The maximum Gasteiger partial charge on any atom is 0.416 e. The van der Waals surface area contributed by atoms with E-state index in [1.165, 1.54) is 6.92 Å². The largest absolute Gasteiger partial charge is 0.416 e. The molecule has 196 valence electrons. The molecule has 3 aromatic heterocycles. The van der Waals surface area contributed by atoms with Crippen LogP contribution in [0.5, 0.6) is 0 Å². The molecule has 1 amide bonds. The summed E-state index contributed by atoms with van der Waals surface area (Å²) in [4.78, 5) is 28.8. The molecule has 0 aliphatic rings. The first-order valence-electron chi connectivity index (χ1n) is 18.1. The summed E-state index contributed by atoms with van der Waals surface area (Å²) >= 11 is 0. The average molecular weight is 545 g/mol. The predicted molar refractivity (Wildman–Crippen MR) is 141 cm³/mol. The third-order valence-electron chi connectivity index (χ3n) is 4.87. The minimum absolute atomic E-state index is 0.0662. The van der Waals surface area contributed by atoms with E-state index in [0.717, 1.165) is 12.3 Å². The molecule has 39 heavy (non-hydrogen) atoms. The number of benzene rings is 2. The lowest BCUT2D eigenvalue weighted by Gasteiger charge is -2.14. The Hall–Kier alpha value is -5.06. The molecule has 0 unspecified atom stereocenters. The minimum atomic E-state index is -5.45. The van der Waals surface area contributed by atoms with Crippen molar-refractivity contribution in [1.29, 1.82) is 0 Å². The molecule has 0 saturated carbocycles. The molecule has 0 bridgehead atoms. The second-order valence-corrected chi connectivity index (χ2v) is 7.59. The van der Waals surface area contributed by atoms with Gasteiger partial charge in [-0.25, -0.2) is 15.0 Å². The van der Waals surface area contributed by atoms with E-state index in [9.17, 15) is 18.0 Å². The molecule has 0 aliphatic heterocycles. The Morgan fingerprint density at radius 2 is 2.00 bits per heavy atom. The number of carbonyl (C=O) groups is 1. The van der Waals surface area contributed by atoms with Crippen molar-refractivity contribution in [2.45, 2.75) is 20.0 Å². The van der Waals surface area contributed by atoms with Crippen LogP contribution in [-0.2, 0) is 6.18 Å². The number of pyridine rings is 1. The fourth-order valence-electron chi connectivity index (χ4n) is 3.07. The molecule has 0 radical (unpaired) electrons. The molecule has 3 heterocycles. The van der Waals surface area contributed by atoms with E-state index in [1.54, 1.807) is 0 Å². The Labute approximate surface area is 242 Å². The summed E-state index contributed by atoms with van der Waals surface area (Å²) in [6.45, 7) is -1.56. The van der Waals surface area contributed by atoms with Gasteiger partial charge in [-0.2, -0.15) is 13.2 Å². The van der Waals surface area contributed by atoms with Crippen molar-refractivity contribution in [2.75, 3.05) is 10.6 Å². The summed E-state index contributed by atoms with van der Waals surface area (Å²) in [7, 11) is 0. The van der Waals surface area contributed by atoms with E-state index in [-0.39, 0.29) is 16.6 Å². The molecule has 0 atom stereocenters. The van der Waals surface area contributed by atoms with Gasteiger partial charge in [-0.15, -0.1) is 0 Å². The summed E-state index contributed by atoms with van der Waals surface area (Å²) in [6.07, 6.45) is -6.20. The third-order valence-corrected chi connectivity index (χ3v) is 4.87. The van der Waals surface area contributed by atoms with Crippen LogP contribution in [0.4, 0.5) is 30.5 Å². The number of alkyl halides is 3. The molecule has 5 aromatic rings. The van der Waals surface area contributed by atoms with Gasteiger partial charge >= 0.3 is 6.18 Å². The van der Waals surface area contributed by atoms with E-state index in [1.807, 2.05) is 0 Å². The van der Waals surface area contributed by atoms with Gasteiger partial charge in [0.25, 0.3) is 5.91 Å². The molecule has 2 aromatic carbocycles. The fourth-order valence-corrected chi connectivity index (χ4v) is 3.07. The van der Waals surface area contributed by atoms with Crippen LogP contribution in [0, 0.1) is 13.8 Å².